The fraction of sp³-hybridized carbons (Fsp3) is 0.0938. The number of hydrogen-bond donors (Lipinski definition) is 2. The molecule has 3 aromatic carbocycles. The van der Waals surface area contributed by atoms with Crippen LogP contribution in [0.25, 0.3) is 0 Å². The van der Waals surface area contributed by atoms with Crippen molar-refractivity contribution in [2.45, 2.75) is 12.8 Å². The number of thioether (sulfide) groups is 1. The van der Waals surface area contributed by atoms with E-state index in [4.69, 9.17) is 4.42 Å². The number of allylic oxidation sites excluding steroid dienone is 2. The van der Waals surface area contributed by atoms with Gasteiger partial charge in [0, 0.05) is 22.8 Å². The summed E-state index contributed by atoms with van der Waals surface area (Å²) in [7, 11) is 0. The van der Waals surface area contributed by atoms with Gasteiger partial charge < -0.3 is 15.1 Å². The predicted octanol–water partition coefficient (Wildman–Crippen LogP) is 6.71. The quantitative estimate of drug-likeness (QED) is 0.255. The molecule has 2 N–H and O–H groups in total. The summed E-state index contributed by atoms with van der Waals surface area (Å²) in [5, 5.41) is 16.9. The van der Waals surface area contributed by atoms with Crippen molar-refractivity contribution in [3.05, 3.63) is 137 Å². The molecular weight excluding hydrogens is 520 g/mol. The Kier molecular flexibility index (Phi) is 8.14. The average molecular weight is 547 g/mol. The molecule has 0 radical (unpaired) electrons. The van der Waals surface area contributed by atoms with E-state index in [9.17, 15) is 14.9 Å². The van der Waals surface area contributed by atoms with Crippen LogP contribution in [0.3, 0.4) is 0 Å². The number of para-hydroxylation sites is 3. The highest BCUT2D eigenvalue weighted by Crippen LogP contribution is 2.41. The molecular formula is C32H26N4O3S. The Bertz CT molecular complexity index is 1550. The summed E-state index contributed by atoms with van der Waals surface area (Å²) < 4.78 is 5.70. The molecule has 0 bridgehead atoms. The van der Waals surface area contributed by atoms with E-state index >= 15 is 0 Å². The molecule has 0 aliphatic carbocycles. The second kappa shape index (κ2) is 12.2. The van der Waals surface area contributed by atoms with Gasteiger partial charge in [-0.25, -0.2) is 0 Å². The highest BCUT2D eigenvalue weighted by Gasteiger charge is 2.36. The van der Waals surface area contributed by atoms with Crippen LogP contribution >= 0.6 is 11.8 Å². The lowest BCUT2D eigenvalue weighted by Gasteiger charge is -2.29. The van der Waals surface area contributed by atoms with Crippen molar-refractivity contribution in [3.63, 3.8) is 0 Å². The maximum Gasteiger partial charge on any atom is 0.254 e. The first-order chi connectivity index (χ1) is 19.6. The Balaban J connectivity index is 1.44. The van der Waals surface area contributed by atoms with Crippen LogP contribution in [0.2, 0.25) is 0 Å². The lowest BCUT2D eigenvalue weighted by Crippen LogP contribution is -2.32. The van der Waals surface area contributed by atoms with E-state index in [1.807, 2.05) is 78.9 Å². The van der Waals surface area contributed by atoms with Gasteiger partial charge >= 0.3 is 0 Å². The first-order valence-electron chi connectivity index (χ1n) is 12.6. The molecule has 198 valence electrons. The van der Waals surface area contributed by atoms with Gasteiger partial charge in [0.15, 0.2) is 0 Å². The van der Waals surface area contributed by atoms with Crippen LogP contribution in [0.5, 0.6) is 0 Å². The van der Waals surface area contributed by atoms with Crippen LogP contribution < -0.4 is 15.5 Å². The molecule has 1 atom stereocenters. The molecule has 0 spiro atoms. The fourth-order valence-corrected chi connectivity index (χ4v) is 5.52. The number of dihydropyridines is 1. The summed E-state index contributed by atoms with van der Waals surface area (Å²) in [6.07, 6.45) is 1.52. The van der Waals surface area contributed by atoms with Gasteiger partial charge in [0.2, 0.25) is 5.91 Å². The smallest absolute Gasteiger partial charge is 0.254 e. The van der Waals surface area contributed by atoms with Crippen LogP contribution in [0.4, 0.5) is 17.1 Å². The second-order valence-electron chi connectivity index (χ2n) is 8.98. The minimum absolute atomic E-state index is 0.0565. The summed E-state index contributed by atoms with van der Waals surface area (Å²) in [6, 6.07) is 33.7. The molecule has 7 nitrogen and oxygen atoms in total. The van der Waals surface area contributed by atoms with Crippen molar-refractivity contribution in [2.24, 2.45) is 0 Å². The number of nitrogens with zero attached hydrogens (tertiary/aromatic N) is 2. The molecule has 2 amide bonds. The summed E-state index contributed by atoms with van der Waals surface area (Å²) in [5.41, 5.74) is 3.39. The van der Waals surface area contributed by atoms with Crippen LogP contribution in [0, 0.1) is 11.3 Å². The van der Waals surface area contributed by atoms with Crippen molar-refractivity contribution >= 4 is 40.6 Å². The van der Waals surface area contributed by atoms with E-state index in [1.54, 1.807) is 36.1 Å². The number of nitrogens with one attached hydrogen (secondary N) is 2. The average Bonchev–Trinajstić information content (AvgIpc) is 3.52. The number of carbonyl (C=O) groups excluding carboxylic acids is 2. The Morgan fingerprint density at radius 1 is 0.925 bits per heavy atom. The monoisotopic (exact) mass is 546 g/mol. The van der Waals surface area contributed by atoms with Gasteiger partial charge in [-0.15, -0.1) is 0 Å². The fourth-order valence-electron chi connectivity index (χ4n) is 4.58. The first kappa shape index (κ1) is 26.6. The topological polar surface area (TPSA) is 98.4 Å². The molecule has 2 heterocycles. The van der Waals surface area contributed by atoms with E-state index in [0.717, 1.165) is 11.4 Å². The number of nitriles is 1. The Morgan fingerprint density at radius 3 is 2.08 bits per heavy atom. The molecule has 8 heteroatoms. The van der Waals surface area contributed by atoms with Gasteiger partial charge in [0.25, 0.3) is 5.91 Å². The third-order valence-corrected chi connectivity index (χ3v) is 7.37. The summed E-state index contributed by atoms with van der Waals surface area (Å²) in [5.74, 6) is -0.708. The van der Waals surface area contributed by atoms with Crippen LogP contribution in [-0.2, 0) is 9.59 Å². The molecule has 4 aromatic rings. The first-order valence-corrected chi connectivity index (χ1v) is 13.6. The molecule has 5 rings (SSSR count). The number of hydrogen-bond acceptors (Lipinski definition) is 6. The lowest BCUT2D eigenvalue weighted by atomic mass is 9.85. The number of amides is 2. The molecule has 0 fully saturated rings. The lowest BCUT2D eigenvalue weighted by molar-refractivity contribution is -0.115. The maximum atomic E-state index is 13.6. The van der Waals surface area contributed by atoms with E-state index in [1.165, 1.54) is 18.0 Å². The van der Waals surface area contributed by atoms with E-state index in [2.05, 4.69) is 16.7 Å². The highest BCUT2D eigenvalue weighted by atomic mass is 32.2. The minimum Gasteiger partial charge on any atom is -0.468 e. The van der Waals surface area contributed by atoms with Crippen molar-refractivity contribution in [2.75, 3.05) is 16.0 Å². The zero-order chi connectivity index (χ0) is 27.9. The summed E-state index contributed by atoms with van der Waals surface area (Å²) in [6.45, 7) is 1.78. The molecule has 40 heavy (non-hydrogen) atoms. The van der Waals surface area contributed by atoms with Gasteiger partial charge in [-0.3, -0.25) is 14.5 Å². The van der Waals surface area contributed by atoms with Gasteiger partial charge in [-0.05, 0) is 55.5 Å². The third-order valence-electron chi connectivity index (χ3n) is 6.37. The number of rotatable bonds is 8. The van der Waals surface area contributed by atoms with Crippen molar-refractivity contribution in [1.82, 2.24) is 5.32 Å². The molecule has 1 aliphatic heterocycles. The van der Waals surface area contributed by atoms with E-state index in [-0.39, 0.29) is 17.6 Å². The second-order valence-corrected chi connectivity index (χ2v) is 9.96. The standard InChI is InChI=1S/C32H26N4O3S/c1-22-29(31(38)35-23-12-5-2-6-13-23)30(27-18-11-19-39-27)26(20-33)32(34-22)40-21-28(37)36(24-14-7-3-8-15-24)25-16-9-4-10-17-25/h2-19,30,34H,21H2,1H3,(H,35,38)/t30-/m0/s1. The van der Waals surface area contributed by atoms with Gasteiger partial charge in [-0.2, -0.15) is 5.26 Å². The Labute approximate surface area is 236 Å². The third kappa shape index (κ3) is 5.70. The Morgan fingerprint density at radius 2 is 1.52 bits per heavy atom. The summed E-state index contributed by atoms with van der Waals surface area (Å²) in [4.78, 5) is 28.8. The zero-order valence-electron chi connectivity index (χ0n) is 21.7. The number of carbonyl (C=O) groups is 2. The molecule has 0 unspecified atom stereocenters. The van der Waals surface area contributed by atoms with E-state index < -0.39 is 5.92 Å². The Hall–Kier alpha value is -5.00. The number of anilines is 3. The predicted molar refractivity (Wildman–Crippen MR) is 157 cm³/mol. The molecule has 0 saturated carbocycles. The minimum atomic E-state index is -0.734. The maximum absolute atomic E-state index is 13.6. The van der Waals surface area contributed by atoms with Gasteiger partial charge in [0.1, 0.15) is 5.76 Å². The van der Waals surface area contributed by atoms with Crippen molar-refractivity contribution in [1.29, 1.82) is 5.26 Å². The highest BCUT2D eigenvalue weighted by molar-refractivity contribution is 8.03. The van der Waals surface area contributed by atoms with E-state index in [0.29, 0.717) is 33.3 Å². The normalized spacial score (nSPS) is 14.8. The SMILES string of the molecule is CC1=C(C(=O)Nc2ccccc2)[C@H](c2ccco2)C(C#N)=C(SCC(=O)N(c2ccccc2)c2ccccc2)N1. The van der Waals surface area contributed by atoms with Gasteiger partial charge in [0.05, 0.1) is 40.2 Å². The van der Waals surface area contributed by atoms with Crippen LogP contribution in [0.15, 0.2) is 136 Å². The van der Waals surface area contributed by atoms with Crippen molar-refractivity contribution < 1.29 is 14.0 Å². The summed E-state index contributed by atoms with van der Waals surface area (Å²) >= 11 is 1.23. The van der Waals surface area contributed by atoms with Crippen LogP contribution in [0.1, 0.15) is 18.6 Å². The zero-order valence-corrected chi connectivity index (χ0v) is 22.5. The number of benzene rings is 3. The van der Waals surface area contributed by atoms with Gasteiger partial charge in [-0.1, -0.05) is 66.4 Å². The van der Waals surface area contributed by atoms with Crippen LogP contribution in [-0.4, -0.2) is 17.6 Å². The molecule has 1 aliphatic rings. The number of furan rings is 1. The molecule has 0 saturated heterocycles. The van der Waals surface area contributed by atoms with Crippen molar-refractivity contribution in [3.8, 4) is 6.07 Å². The largest absolute Gasteiger partial charge is 0.468 e. The molecule has 1 aromatic heterocycles.